The molecule has 442 valence electrons. The van der Waals surface area contributed by atoms with Gasteiger partial charge >= 0.3 is 0 Å². The van der Waals surface area contributed by atoms with Crippen LogP contribution in [0, 0.1) is 150 Å². The van der Waals surface area contributed by atoms with Gasteiger partial charge in [-0.1, -0.05) is 103 Å². The Bertz CT molecular complexity index is 5400. The average Bonchev–Trinajstić information content (AvgIpc) is 1.58. The molecule has 0 fully saturated rings. The predicted molar refractivity (Wildman–Crippen MR) is 334 cm³/mol. The molecule has 2 heterocycles. The molecule has 95 heavy (non-hydrogen) atoms. The van der Waals surface area contributed by atoms with E-state index < -0.39 is 80.6 Å². The summed E-state index contributed by atoms with van der Waals surface area (Å²) >= 11 is 0. The van der Waals surface area contributed by atoms with Gasteiger partial charge in [-0.25, -0.2) is 46.6 Å². The lowest BCUT2D eigenvalue weighted by atomic mass is 9.88. The summed E-state index contributed by atoms with van der Waals surface area (Å²) < 4.78 is 120. The maximum Gasteiger partial charge on any atom is 0.252 e. The Morgan fingerprint density at radius 3 is 1.35 bits per heavy atom. The van der Waals surface area contributed by atoms with Crippen LogP contribution in [-0.4, -0.2) is 9.97 Å². The first-order chi connectivity index (χ1) is 45.9. The zero-order chi connectivity index (χ0) is 67.8. The highest BCUT2D eigenvalue weighted by Crippen LogP contribution is 2.58. The molecular formula is C74H25F8N13. The van der Waals surface area contributed by atoms with Gasteiger partial charge in [0.05, 0.1) is 85.0 Å². The number of benzene rings is 6. The number of rotatable bonds is 6. The molecule has 0 bridgehead atoms. The molecule has 0 radical (unpaired) electrons. The number of hydrogen-bond acceptors (Lipinski definition) is 7. The third-order valence-corrected chi connectivity index (χ3v) is 15.8. The Balaban J connectivity index is 0.000000213. The van der Waals surface area contributed by atoms with Crippen LogP contribution in [0.3, 0.4) is 0 Å². The fourth-order valence-corrected chi connectivity index (χ4v) is 11.7. The van der Waals surface area contributed by atoms with Crippen LogP contribution >= 0.6 is 0 Å². The summed E-state index contributed by atoms with van der Waals surface area (Å²) in [5, 5.41) is 50.4. The first kappa shape index (κ1) is 62.0. The van der Waals surface area contributed by atoms with E-state index in [0.29, 0.717) is 61.5 Å². The first-order valence-electron chi connectivity index (χ1n) is 27.2. The molecular weight excluding hydrogens is 1220 g/mol. The number of allylic oxidation sites excluding steroid dienone is 12. The van der Waals surface area contributed by atoms with Crippen molar-refractivity contribution in [3.8, 4) is 30.3 Å². The van der Waals surface area contributed by atoms with Crippen LogP contribution < -0.4 is 0 Å². The Labute approximate surface area is 534 Å². The highest BCUT2D eigenvalue weighted by Gasteiger charge is 2.41. The number of nitriles is 5. The lowest BCUT2D eigenvalue weighted by molar-refractivity contribution is 0.404. The van der Waals surface area contributed by atoms with Crippen molar-refractivity contribution in [2.24, 2.45) is 0 Å². The minimum absolute atomic E-state index is 0.0384. The molecule has 0 saturated carbocycles. The van der Waals surface area contributed by atoms with Crippen LogP contribution in [0.4, 0.5) is 46.5 Å². The van der Waals surface area contributed by atoms with E-state index in [2.05, 4.69) is 51.2 Å². The average molecular weight is 1250 g/mol. The molecule has 4 aliphatic carbocycles. The molecule has 6 aromatic carbocycles. The zero-order valence-electron chi connectivity index (χ0n) is 48.0. The molecule has 13 nitrogen and oxygen atoms in total. The molecule has 0 atom stereocenters. The number of pyridine rings is 2. The quantitative estimate of drug-likeness (QED) is 0.0690. The summed E-state index contributed by atoms with van der Waals surface area (Å²) in [4.78, 5) is 26.0. The van der Waals surface area contributed by atoms with Crippen LogP contribution in [-0.2, 0) is 0 Å². The summed E-state index contributed by atoms with van der Waals surface area (Å²) in [5.41, 5.74) is 1.30. The Morgan fingerprint density at radius 2 is 0.853 bits per heavy atom. The highest BCUT2D eigenvalue weighted by molar-refractivity contribution is 6.34. The highest BCUT2D eigenvalue weighted by atomic mass is 19.2. The van der Waals surface area contributed by atoms with Crippen LogP contribution in [0.1, 0.15) is 89.0 Å². The molecule has 0 amide bonds. The Morgan fingerprint density at radius 1 is 0.432 bits per heavy atom. The molecule has 0 saturated heterocycles. The van der Waals surface area contributed by atoms with E-state index in [-0.39, 0.29) is 67.0 Å². The normalized spacial score (nSPS) is 14.8. The van der Waals surface area contributed by atoms with Gasteiger partial charge in [0.25, 0.3) is 23.8 Å². The van der Waals surface area contributed by atoms with Gasteiger partial charge in [-0.05, 0) is 109 Å². The zero-order valence-corrected chi connectivity index (χ0v) is 48.0. The number of aryl methyl sites for hydroxylation is 1. The summed E-state index contributed by atoms with van der Waals surface area (Å²) in [6.45, 7) is 48.3. The largest absolute Gasteiger partial charge is 0.252 e. The van der Waals surface area contributed by atoms with Gasteiger partial charge < -0.3 is 0 Å². The van der Waals surface area contributed by atoms with Crippen molar-refractivity contribution >= 4 is 89.8 Å². The van der Waals surface area contributed by atoms with Crippen LogP contribution in [0.15, 0.2) is 134 Å². The minimum Gasteiger partial charge on any atom is -0.245 e. The lowest BCUT2D eigenvalue weighted by Gasteiger charge is -2.16. The van der Waals surface area contributed by atoms with E-state index in [1.165, 1.54) is 60.8 Å². The fraction of sp³-hybridized carbons (Fsp3) is 0.0135. The maximum absolute atomic E-state index is 15.4. The van der Waals surface area contributed by atoms with Crippen molar-refractivity contribution in [3.05, 3.63) is 338 Å². The maximum atomic E-state index is 15.4. The van der Waals surface area contributed by atoms with Crippen LogP contribution in [0.5, 0.6) is 0 Å². The van der Waals surface area contributed by atoms with E-state index in [1.807, 2.05) is 55.5 Å². The van der Waals surface area contributed by atoms with Crippen molar-refractivity contribution in [2.45, 2.75) is 6.92 Å². The number of hydrogen-bond donors (Lipinski definition) is 0. The molecule has 0 spiro atoms. The molecule has 4 aliphatic rings. The van der Waals surface area contributed by atoms with E-state index >= 15 is 17.6 Å². The monoisotopic (exact) mass is 1250 g/mol. The van der Waals surface area contributed by atoms with Gasteiger partial charge in [-0.2, -0.15) is 53.8 Å². The van der Waals surface area contributed by atoms with Crippen molar-refractivity contribution in [1.29, 1.82) is 26.3 Å². The standard InChI is InChI=1S/C42H10F8N8.C32H15N5/c1-54-20-10-8-19(9-11-20)28-30(38(56-3)32-35(45)41(49)58-42(50)36(32)46)23-12-21-22(13-24(23)37(28)55-2)29(26(16-53)31-33(43)39(47)57-40(48)34(31)44)27(25(21)15-52)18-6-4-17(14-51)5-7-18;1-19-5-7-20(8-6-19)30-23(13-14-33)24-16-27-26(15-25(24)28(30)17-34)29(18-35-2)31(32(27)37-4)21-9-11-22(36-3)12-10-21/h4-13H;5-13,15-16,18H,1H3/b29-26+,38-30-;23-13-,29-18-. The second kappa shape index (κ2) is 24.7. The number of aromatic nitrogens is 2. The minimum atomic E-state index is -2.11. The summed E-state index contributed by atoms with van der Waals surface area (Å²) in [6.07, 6.45) is 2.85. The fourth-order valence-electron chi connectivity index (χ4n) is 11.7. The SMILES string of the molecule is [C-]#[N+]/C=C1\C(c2ccc([N+]#[C-])cc2)=C([N+]#[C-])c2cc3c(cc21)C(C#N)=C(c1ccc(C)cc1)/C3=C\C#N.[C-]#[N+]C1=C(c2ccc([N+]#[C-])cc2)/C(=C(\[N+]#[C-])c2c(F)c(F)nc(F)c2F)c2cc3c(cc21)/C(=C(/C#N)c1c(F)c(F)nc(F)c1F)C(c1ccc(C#N)cc1)=C3C#N. The van der Waals surface area contributed by atoms with Gasteiger partial charge in [0.15, 0.2) is 40.8 Å². The van der Waals surface area contributed by atoms with E-state index in [9.17, 15) is 43.9 Å². The van der Waals surface area contributed by atoms with Gasteiger partial charge in [0.1, 0.15) is 18.2 Å². The summed E-state index contributed by atoms with van der Waals surface area (Å²) in [6, 6.07) is 41.0. The van der Waals surface area contributed by atoms with Gasteiger partial charge in [-0.15, -0.1) is 0 Å². The molecule has 12 rings (SSSR count). The van der Waals surface area contributed by atoms with Crippen molar-refractivity contribution < 1.29 is 35.1 Å². The third-order valence-electron chi connectivity index (χ3n) is 15.8. The van der Waals surface area contributed by atoms with E-state index in [4.69, 9.17) is 39.4 Å². The molecule has 21 heteroatoms. The second-order valence-electron chi connectivity index (χ2n) is 20.6. The molecule has 2 aromatic heterocycles. The van der Waals surface area contributed by atoms with E-state index in [1.54, 1.807) is 30.3 Å². The van der Waals surface area contributed by atoms with Crippen LogP contribution in [0.2, 0.25) is 0 Å². The van der Waals surface area contributed by atoms with Crippen molar-refractivity contribution in [1.82, 2.24) is 9.97 Å². The lowest BCUT2D eigenvalue weighted by Crippen LogP contribution is -2.07. The molecule has 0 aliphatic heterocycles. The second-order valence-corrected chi connectivity index (χ2v) is 20.6. The van der Waals surface area contributed by atoms with Crippen molar-refractivity contribution in [2.75, 3.05) is 0 Å². The molecule has 0 unspecified atom stereocenters. The predicted octanol–water partition coefficient (Wildman–Crippen LogP) is 18.4. The topological polar surface area (TPSA) is 171 Å². The molecule has 8 aromatic rings. The Kier molecular flexibility index (Phi) is 16.1. The molecule has 0 N–H and O–H groups in total. The summed E-state index contributed by atoms with van der Waals surface area (Å²) in [7, 11) is 0. The third kappa shape index (κ3) is 10.1. The number of fused-ring (bicyclic) bond motifs is 4. The number of nitrogens with zero attached hydrogens (tertiary/aromatic N) is 13. The Hall–Kier alpha value is -14.6. The van der Waals surface area contributed by atoms with Gasteiger partial charge in [0, 0.05) is 39.5 Å². The van der Waals surface area contributed by atoms with Gasteiger partial charge in [0.2, 0.25) is 17.1 Å². The van der Waals surface area contributed by atoms with Crippen molar-refractivity contribution in [3.63, 3.8) is 0 Å². The summed E-state index contributed by atoms with van der Waals surface area (Å²) in [5.74, 6) is -16.7. The number of halogens is 8. The first-order valence-corrected chi connectivity index (χ1v) is 27.2. The smallest absolute Gasteiger partial charge is 0.245 e. The van der Waals surface area contributed by atoms with Crippen LogP contribution in [0.25, 0.3) is 107 Å². The van der Waals surface area contributed by atoms with E-state index in [0.717, 1.165) is 28.8 Å². The van der Waals surface area contributed by atoms with Gasteiger partial charge in [-0.3, -0.25) is 0 Å².